The van der Waals surface area contributed by atoms with E-state index in [2.05, 4.69) is 12.2 Å². The molecule has 0 spiro atoms. The molecule has 19 heavy (non-hydrogen) atoms. The molecule has 108 valence electrons. The maximum Gasteiger partial charge on any atom is 0.229 e. The molecular formula is C14H24N2O2S. The van der Waals surface area contributed by atoms with Crippen LogP contribution in [0.25, 0.3) is 0 Å². The van der Waals surface area contributed by atoms with Crippen molar-refractivity contribution in [3.63, 3.8) is 0 Å². The van der Waals surface area contributed by atoms with Crippen LogP contribution in [0.15, 0.2) is 0 Å². The first-order chi connectivity index (χ1) is 9.22. The maximum absolute atomic E-state index is 11.5. The first kappa shape index (κ1) is 14.9. The Hall–Kier alpha value is -0.550. The highest BCUT2D eigenvalue weighted by Gasteiger charge is 2.29. The Bertz CT molecular complexity index is 317. The van der Waals surface area contributed by atoms with Crippen LogP contribution in [0.3, 0.4) is 0 Å². The first-order valence-electron chi connectivity index (χ1n) is 7.40. The lowest BCUT2D eigenvalue weighted by molar-refractivity contribution is -0.138. The van der Waals surface area contributed by atoms with E-state index in [4.69, 9.17) is 0 Å². The lowest BCUT2D eigenvalue weighted by Gasteiger charge is -2.32. The van der Waals surface area contributed by atoms with Crippen molar-refractivity contribution in [3.8, 4) is 0 Å². The molecule has 2 atom stereocenters. The van der Waals surface area contributed by atoms with Crippen molar-refractivity contribution in [2.75, 3.05) is 18.8 Å². The average Bonchev–Trinajstić information content (AvgIpc) is 2.72. The third kappa shape index (κ3) is 3.96. The van der Waals surface area contributed by atoms with Crippen molar-refractivity contribution < 1.29 is 9.59 Å². The van der Waals surface area contributed by atoms with Gasteiger partial charge in [0.1, 0.15) is 0 Å². The fraction of sp³-hybridized carbons (Fsp3) is 0.857. The number of carbonyl (C=O) groups is 2. The summed E-state index contributed by atoms with van der Waals surface area (Å²) >= 11 is 2.03. The zero-order valence-electron chi connectivity index (χ0n) is 11.7. The molecule has 2 rings (SSSR count). The molecule has 0 aromatic rings. The SMILES string of the molecule is CCSC1CCCCC1NCCN1C(=O)CCC1=O. The monoisotopic (exact) mass is 284 g/mol. The van der Waals surface area contributed by atoms with E-state index in [9.17, 15) is 9.59 Å². The normalized spacial score (nSPS) is 28.2. The highest BCUT2D eigenvalue weighted by atomic mass is 32.2. The number of likely N-dealkylation sites (tertiary alicyclic amines) is 1. The molecule has 1 N–H and O–H groups in total. The number of nitrogens with zero attached hydrogens (tertiary/aromatic N) is 1. The second kappa shape index (κ2) is 7.29. The third-order valence-corrected chi connectivity index (χ3v) is 5.31. The van der Waals surface area contributed by atoms with Gasteiger partial charge in [-0.2, -0.15) is 11.8 Å². The van der Waals surface area contributed by atoms with Gasteiger partial charge in [-0.1, -0.05) is 19.8 Å². The molecule has 5 heteroatoms. The van der Waals surface area contributed by atoms with Crippen LogP contribution in [0.2, 0.25) is 0 Å². The van der Waals surface area contributed by atoms with Crippen LogP contribution in [0.1, 0.15) is 45.4 Å². The quantitative estimate of drug-likeness (QED) is 0.756. The molecule has 1 aliphatic heterocycles. The molecule has 2 amide bonds. The summed E-state index contributed by atoms with van der Waals surface area (Å²) in [5, 5.41) is 4.26. The number of thioether (sulfide) groups is 1. The second-order valence-electron chi connectivity index (χ2n) is 5.28. The number of nitrogens with one attached hydrogen (secondary N) is 1. The van der Waals surface area contributed by atoms with Crippen molar-refractivity contribution in [1.29, 1.82) is 0 Å². The van der Waals surface area contributed by atoms with Gasteiger partial charge < -0.3 is 5.32 Å². The molecule has 1 saturated carbocycles. The van der Waals surface area contributed by atoms with E-state index in [0.29, 0.717) is 30.7 Å². The van der Waals surface area contributed by atoms with Crippen molar-refractivity contribution in [3.05, 3.63) is 0 Å². The van der Waals surface area contributed by atoms with E-state index in [-0.39, 0.29) is 11.8 Å². The van der Waals surface area contributed by atoms with Gasteiger partial charge in [-0.3, -0.25) is 14.5 Å². The topological polar surface area (TPSA) is 49.4 Å². The Morgan fingerprint density at radius 3 is 2.58 bits per heavy atom. The van der Waals surface area contributed by atoms with Crippen LogP contribution in [-0.4, -0.2) is 46.8 Å². The third-order valence-electron chi connectivity index (χ3n) is 3.98. The summed E-state index contributed by atoms with van der Waals surface area (Å²) in [5.74, 6) is 1.15. The van der Waals surface area contributed by atoms with Gasteiger partial charge in [0.05, 0.1) is 0 Å². The summed E-state index contributed by atoms with van der Waals surface area (Å²) in [6, 6.07) is 0.548. The van der Waals surface area contributed by atoms with E-state index in [1.165, 1.54) is 30.6 Å². The van der Waals surface area contributed by atoms with Crippen molar-refractivity contribution in [2.45, 2.75) is 56.7 Å². The zero-order valence-corrected chi connectivity index (χ0v) is 12.5. The molecule has 1 heterocycles. The van der Waals surface area contributed by atoms with Crippen LogP contribution in [0.5, 0.6) is 0 Å². The highest BCUT2D eigenvalue weighted by molar-refractivity contribution is 7.99. The van der Waals surface area contributed by atoms with Crippen LogP contribution in [-0.2, 0) is 9.59 Å². The number of carbonyl (C=O) groups excluding carboxylic acids is 2. The maximum atomic E-state index is 11.5. The van der Waals surface area contributed by atoms with Crippen molar-refractivity contribution in [1.82, 2.24) is 10.2 Å². The van der Waals surface area contributed by atoms with E-state index < -0.39 is 0 Å². The largest absolute Gasteiger partial charge is 0.311 e. The lowest BCUT2D eigenvalue weighted by Crippen LogP contribution is -2.44. The molecule has 4 nitrogen and oxygen atoms in total. The Morgan fingerprint density at radius 2 is 1.89 bits per heavy atom. The predicted molar refractivity (Wildman–Crippen MR) is 78.1 cm³/mol. The molecule has 0 radical (unpaired) electrons. The number of amides is 2. The molecule has 0 bridgehead atoms. The molecule has 2 fully saturated rings. The smallest absolute Gasteiger partial charge is 0.229 e. The summed E-state index contributed by atoms with van der Waals surface area (Å²) in [4.78, 5) is 24.4. The molecule has 2 unspecified atom stereocenters. The zero-order chi connectivity index (χ0) is 13.7. The number of imide groups is 1. The van der Waals surface area contributed by atoms with Crippen LogP contribution in [0, 0.1) is 0 Å². The first-order valence-corrected chi connectivity index (χ1v) is 8.45. The van der Waals surface area contributed by atoms with Crippen molar-refractivity contribution in [2.24, 2.45) is 0 Å². The molecule has 1 aliphatic carbocycles. The molecular weight excluding hydrogens is 260 g/mol. The molecule has 0 aromatic carbocycles. The molecule has 1 saturated heterocycles. The lowest BCUT2D eigenvalue weighted by atomic mass is 9.95. The van der Waals surface area contributed by atoms with E-state index in [0.717, 1.165) is 12.3 Å². The fourth-order valence-corrected chi connectivity index (χ4v) is 4.20. The predicted octanol–water partition coefficient (Wildman–Crippen LogP) is 1.79. The van der Waals surface area contributed by atoms with E-state index in [1.54, 1.807) is 0 Å². The van der Waals surface area contributed by atoms with Gasteiger partial charge in [-0.15, -0.1) is 0 Å². The van der Waals surface area contributed by atoms with E-state index in [1.807, 2.05) is 11.8 Å². The summed E-state index contributed by atoms with van der Waals surface area (Å²) in [5.41, 5.74) is 0. The van der Waals surface area contributed by atoms with Crippen molar-refractivity contribution >= 4 is 23.6 Å². The standard InChI is InChI=1S/C14H24N2O2S/c1-2-19-12-6-4-3-5-11(12)15-9-10-16-13(17)7-8-14(16)18/h11-12,15H,2-10H2,1H3. The minimum absolute atomic E-state index is 0.00470. The van der Waals surface area contributed by atoms with Crippen LogP contribution < -0.4 is 5.32 Å². The fourth-order valence-electron chi connectivity index (χ4n) is 2.98. The number of rotatable bonds is 6. The minimum Gasteiger partial charge on any atom is -0.311 e. The van der Waals surface area contributed by atoms with Gasteiger partial charge in [0.2, 0.25) is 11.8 Å². The minimum atomic E-state index is -0.00470. The highest BCUT2D eigenvalue weighted by Crippen LogP contribution is 2.28. The summed E-state index contributed by atoms with van der Waals surface area (Å²) in [7, 11) is 0. The Labute approximate surface area is 119 Å². The summed E-state index contributed by atoms with van der Waals surface area (Å²) in [6.45, 7) is 3.48. The van der Waals surface area contributed by atoms with Gasteiger partial charge in [0.25, 0.3) is 0 Å². The van der Waals surface area contributed by atoms with E-state index >= 15 is 0 Å². The summed E-state index contributed by atoms with van der Waals surface area (Å²) < 4.78 is 0. The second-order valence-corrected chi connectivity index (χ2v) is 6.79. The van der Waals surface area contributed by atoms with Gasteiger partial charge in [-0.05, 0) is 18.6 Å². The molecule has 0 aromatic heterocycles. The average molecular weight is 284 g/mol. The number of hydrogen-bond acceptors (Lipinski definition) is 4. The summed E-state index contributed by atoms with van der Waals surface area (Å²) in [6.07, 6.45) is 5.93. The number of hydrogen-bond donors (Lipinski definition) is 1. The Kier molecular flexibility index (Phi) is 5.70. The van der Waals surface area contributed by atoms with Gasteiger partial charge in [-0.25, -0.2) is 0 Å². The Morgan fingerprint density at radius 1 is 1.21 bits per heavy atom. The van der Waals surface area contributed by atoms with Gasteiger partial charge >= 0.3 is 0 Å². The van der Waals surface area contributed by atoms with Crippen LogP contribution >= 0.6 is 11.8 Å². The molecule has 2 aliphatic rings. The van der Waals surface area contributed by atoms with Gasteiger partial charge in [0, 0.05) is 37.2 Å². The van der Waals surface area contributed by atoms with Gasteiger partial charge in [0.15, 0.2) is 0 Å². The Balaban J connectivity index is 1.74. The van der Waals surface area contributed by atoms with Crippen LogP contribution in [0.4, 0.5) is 0 Å².